The molecule has 0 amide bonds. The van der Waals surface area contributed by atoms with Crippen molar-refractivity contribution in [2.45, 2.75) is 37.6 Å². The predicted octanol–water partition coefficient (Wildman–Crippen LogP) is 4.13. The van der Waals surface area contributed by atoms with Crippen LogP contribution in [0.2, 0.25) is 5.04 Å². The minimum absolute atomic E-state index is 0.231. The van der Waals surface area contributed by atoms with Gasteiger partial charge in [0.05, 0.1) is 5.04 Å². The van der Waals surface area contributed by atoms with E-state index in [0.717, 1.165) is 19.3 Å². The predicted molar refractivity (Wildman–Crippen MR) is 71.7 cm³/mol. The minimum atomic E-state index is -1.81. The number of hydrogen-bond acceptors (Lipinski definition) is 0. The molecule has 0 heterocycles. The van der Waals surface area contributed by atoms with Crippen LogP contribution in [0.4, 0.5) is 0 Å². The Morgan fingerprint density at radius 2 is 2.20 bits per heavy atom. The van der Waals surface area contributed by atoms with Gasteiger partial charge < -0.3 is 0 Å². The smallest absolute Gasteiger partial charge is 0.148 e. The van der Waals surface area contributed by atoms with Gasteiger partial charge in [-0.15, -0.1) is 28.1 Å². The Balaban J connectivity index is 2.69. The van der Waals surface area contributed by atoms with Gasteiger partial charge in [-0.1, -0.05) is 43.6 Å². The summed E-state index contributed by atoms with van der Waals surface area (Å²) in [6, 6.07) is 0. The molecule has 0 aliphatic heterocycles. The SMILES string of the molecule is CCCCC#CC1([SiH](Cl)Cl)C=CC=CC1. The van der Waals surface area contributed by atoms with Crippen LogP contribution >= 0.6 is 22.2 Å². The standard InChI is InChI=1S/C12H16Cl2Si/c1-2-3-4-6-9-12(15(13)14)10-7-5-8-11-12/h5,7-8,10,15H,2-4,11H2,1H3. The van der Waals surface area contributed by atoms with Crippen LogP contribution in [0.25, 0.3) is 0 Å². The third-order valence-corrected chi connectivity index (χ3v) is 6.15. The summed E-state index contributed by atoms with van der Waals surface area (Å²) in [5.74, 6) is 6.49. The van der Waals surface area contributed by atoms with Crippen LogP contribution < -0.4 is 0 Å². The first kappa shape index (κ1) is 12.9. The first-order valence-corrected chi connectivity index (χ1v) is 9.41. The first-order chi connectivity index (χ1) is 7.21. The van der Waals surface area contributed by atoms with Crippen molar-refractivity contribution in [2.24, 2.45) is 0 Å². The van der Waals surface area contributed by atoms with E-state index in [1.54, 1.807) is 0 Å². The van der Waals surface area contributed by atoms with Gasteiger partial charge in [-0.3, -0.25) is 0 Å². The Kier molecular flexibility index (Phi) is 5.53. The van der Waals surface area contributed by atoms with E-state index in [1.807, 2.05) is 12.2 Å². The maximum atomic E-state index is 6.14. The highest BCUT2D eigenvalue weighted by Gasteiger charge is 2.34. The molecule has 1 unspecified atom stereocenters. The average molecular weight is 259 g/mol. The Bertz CT molecular complexity index is 309. The molecule has 3 heteroatoms. The van der Waals surface area contributed by atoms with E-state index in [-0.39, 0.29) is 5.04 Å². The summed E-state index contributed by atoms with van der Waals surface area (Å²) in [7, 11) is -1.81. The second-order valence-corrected chi connectivity index (χ2v) is 8.66. The van der Waals surface area contributed by atoms with E-state index in [1.165, 1.54) is 6.42 Å². The Morgan fingerprint density at radius 1 is 1.40 bits per heavy atom. The van der Waals surface area contributed by atoms with Gasteiger partial charge >= 0.3 is 0 Å². The second kappa shape index (κ2) is 6.43. The van der Waals surface area contributed by atoms with E-state index < -0.39 is 7.42 Å². The molecular formula is C12H16Cl2Si. The lowest BCUT2D eigenvalue weighted by atomic mass is 10.00. The molecule has 0 saturated heterocycles. The normalized spacial score (nSPS) is 24.0. The number of rotatable bonds is 3. The molecule has 15 heavy (non-hydrogen) atoms. The molecule has 0 spiro atoms. The van der Waals surface area contributed by atoms with Gasteiger partial charge in [0.15, 0.2) is 0 Å². The highest BCUT2D eigenvalue weighted by molar-refractivity contribution is 7.35. The van der Waals surface area contributed by atoms with Crippen LogP contribution in [0.3, 0.4) is 0 Å². The third kappa shape index (κ3) is 3.72. The molecule has 0 fully saturated rings. The maximum absolute atomic E-state index is 6.14. The fourth-order valence-corrected chi connectivity index (χ4v) is 3.52. The zero-order valence-electron chi connectivity index (χ0n) is 8.97. The maximum Gasteiger partial charge on any atom is 0.258 e. The largest absolute Gasteiger partial charge is 0.258 e. The summed E-state index contributed by atoms with van der Waals surface area (Å²) >= 11 is 12.3. The molecule has 0 aromatic carbocycles. The van der Waals surface area contributed by atoms with Crippen molar-refractivity contribution >= 4 is 29.6 Å². The number of unbranched alkanes of at least 4 members (excludes halogenated alkanes) is 2. The van der Waals surface area contributed by atoms with Crippen molar-refractivity contribution in [1.82, 2.24) is 0 Å². The summed E-state index contributed by atoms with van der Waals surface area (Å²) in [4.78, 5) is 0. The molecule has 1 aliphatic rings. The molecule has 0 N–H and O–H groups in total. The Hall–Kier alpha value is -0.163. The van der Waals surface area contributed by atoms with Crippen LogP contribution in [-0.4, -0.2) is 7.42 Å². The minimum Gasteiger partial charge on any atom is -0.148 e. The van der Waals surface area contributed by atoms with Crippen LogP contribution in [0.15, 0.2) is 24.3 Å². The topological polar surface area (TPSA) is 0 Å². The molecule has 1 rings (SSSR count). The van der Waals surface area contributed by atoms with Crippen molar-refractivity contribution in [3.8, 4) is 11.8 Å². The lowest BCUT2D eigenvalue weighted by Gasteiger charge is -2.25. The average Bonchev–Trinajstić information content (AvgIpc) is 2.26. The molecule has 82 valence electrons. The van der Waals surface area contributed by atoms with E-state index in [2.05, 4.69) is 30.9 Å². The number of hydrogen-bond donors (Lipinski definition) is 0. The summed E-state index contributed by atoms with van der Waals surface area (Å²) in [6.07, 6.45) is 12.3. The summed E-state index contributed by atoms with van der Waals surface area (Å²) < 4.78 is 0. The summed E-state index contributed by atoms with van der Waals surface area (Å²) in [5, 5.41) is -0.231. The van der Waals surface area contributed by atoms with E-state index in [0.29, 0.717) is 0 Å². The van der Waals surface area contributed by atoms with Gasteiger partial charge in [0, 0.05) is 6.42 Å². The molecule has 0 aromatic rings. The van der Waals surface area contributed by atoms with Gasteiger partial charge in [-0.25, -0.2) is 0 Å². The monoisotopic (exact) mass is 258 g/mol. The lowest BCUT2D eigenvalue weighted by molar-refractivity contribution is 0.821. The second-order valence-electron chi connectivity index (χ2n) is 3.74. The Labute approximate surface area is 103 Å². The van der Waals surface area contributed by atoms with Crippen molar-refractivity contribution in [3.63, 3.8) is 0 Å². The first-order valence-electron chi connectivity index (χ1n) is 5.34. The quantitative estimate of drug-likeness (QED) is 0.309. The fraction of sp³-hybridized carbons (Fsp3) is 0.500. The van der Waals surface area contributed by atoms with Gasteiger partial charge in [0.1, 0.15) is 0 Å². The summed E-state index contributed by atoms with van der Waals surface area (Å²) in [6.45, 7) is 2.17. The van der Waals surface area contributed by atoms with Crippen LogP contribution in [0.5, 0.6) is 0 Å². The van der Waals surface area contributed by atoms with Crippen LogP contribution in [-0.2, 0) is 0 Å². The van der Waals surface area contributed by atoms with E-state index in [4.69, 9.17) is 22.2 Å². The zero-order valence-corrected chi connectivity index (χ0v) is 11.6. The number of allylic oxidation sites excluding steroid dienone is 4. The lowest BCUT2D eigenvalue weighted by Crippen LogP contribution is -2.20. The van der Waals surface area contributed by atoms with Gasteiger partial charge in [0.25, 0.3) is 7.42 Å². The highest BCUT2D eigenvalue weighted by atomic mass is 35.7. The fourth-order valence-electron chi connectivity index (χ4n) is 1.44. The van der Waals surface area contributed by atoms with E-state index >= 15 is 0 Å². The van der Waals surface area contributed by atoms with Crippen molar-refractivity contribution in [3.05, 3.63) is 24.3 Å². The van der Waals surface area contributed by atoms with Crippen molar-refractivity contribution in [1.29, 1.82) is 0 Å². The van der Waals surface area contributed by atoms with Gasteiger partial charge in [0.2, 0.25) is 0 Å². The van der Waals surface area contributed by atoms with Crippen molar-refractivity contribution in [2.75, 3.05) is 0 Å². The molecule has 0 nitrogen and oxygen atoms in total. The molecule has 1 aliphatic carbocycles. The highest BCUT2D eigenvalue weighted by Crippen LogP contribution is 2.41. The van der Waals surface area contributed by atoms with E-state index in [9.17, 15) is 0 Å². The van der Waals surface area contributed by atoms with Gasteiger partial charge in [-0.05, 0) is 12.8 Å². The van der Waals surface area contributed by atoms with Crippen molar-refractivity contribution < 1.29 is 0 Å². The molecule has 1 atom stereocenters. The van der Waals surface area contributed by atoms with Gasteiger partial charge in [-0.2, -0.15) is 0 Å². The summed E-state index contributed by atoms with van der Waals surface area (Å²) in [5.41, 5.74) is 0. The van der Waals surface area contributed by atoms with Crippen LogP contribution in [0, 0.1) is 11.8 Å². The Morgan fingerprint density at radius 3 is 2.73 bits per heavy atom. The molecule has 0 saturated carbocycles. The molecular weight excluding hydrogens is 243 g/mol. The molecule has 0 aromatic heterocycles. The van der Waals surface area contributed by atoms with Crippen LogP contribution in [0.1, 0.15) is 32.6 Å². The third-order valence-electron chi connectivity index (χ3n) is 2.46. The molecule has 0 bridgehead atoms. The zero-order chi connectivity index (χ0) is 11.1. The molecule has 0 radical (unpaired) electrons. The number of halogens is 2.